The van der Waals surface area contributed by atoms with E-state index in [1.54, 1.807) is 41.2 Å². The molecule has 112 valence electrons. The van der Waals surface area contributed by atoms with Crippen LogP contribution in [-0.2, 0) is 10.0 Å². The Hall–Kier alpha value is -1.25. The highest BCUT2D eigenvalue weighted by atomic mass is 79.9. The molecule has 5 nitrogen and oxygen atoms in total. The number of hydrazine groups is 1. The summed E-state index contributed by atoms with van der Waals surface area (Å²) in [6.07, 6.45) is 0. The van der Waals surface area contributed by atoms with Crippen molar-refractivity contribution in [2.75, 3.05) is 0 Å². The third-order valence-electron chi connectivity index (χ3n) is 2.29. The fourth-order valence-corrected chi connectivity index (χ4v) is 2.68. The molecule has 0 saturated heterocycles. The fourth-order valence-electron chi connectivity index (χ4n) is 1.29. The monoisotopic (exact) mass is 390 g/mol. The third-order valence-corrected chi connectivity index (χ3v) is 4.39. The number of carbonyl (C=O) groups is 1. The Morgan fingerprint density at radius 3 is 2.00 bits per heavy atom. The first kappa shape index (κ1) is 17.8. The van der Waals surface area contributed by atoms with E-state index in [1.165, 1.54) is 12.1 Å². The zero-order chi connectivity index (χ0) is 15.9. The maximum atomic E-state index is 11.0. The zero-order valence-electron chi connectivity index (χ0n) is 10.7. The second-order valence-electron chi connectivity index (χ2n) is 3.69. The quantitative estimate of drug-likeness (QED) is 0.478. The SMILES string of the molecule is NNS(=O)(=O)c1ccccc1.O=C(Cl)c1ccccc1Br. The van der Waals surface area contributed by atoms with E-state index in [2.05, 4.69) is 15.9 Å². The lowest BCUT2D eigenvalue weighted by Crippen LogP contribution is -2.30. The summed E-state index contributed by atoms with van der Waals surface area (Å²) < 4.78 is 22.7. The van der Waals surface area contributed by atoms with Gasteiger partial charge in [-0.15, -0.1) is 0 Å². The molecule has 0 aliphatic heterocycles. The van der Waals surface area contributed by atoms with Crippen LogP contribution >= 0.6 is 27.5 Å². The average molecular weight is 392 g/mol. The number of nitrogens with two attached hydrogens (primary N) is 1. The van der Waals surface area contributed by atoms with E-state index in [0.717, 1.165) is 4.47 Å². The molecule has 0 amide bonds. The first-order valence-electron chi connectivity index (χ1n) is 5.60. The van der Waals surface area contributed by atoms with E-state index in [-0.39, 0.29) is 4.90 Å². The van der Waals surface area contributed by atoms with Crippen LogP contribution in [0.2, 0.25) is 0 Å². The van der Waals surface area contributed by atoms with E-state index in [0.29, 0.717) is 5.56 Å². The summed E-state index contributed by atoms with van der Waals surface area (Å²) in [5.41, 5.74) is 0.504. The maximum absolute atomic E-state index is 11.0. The first-order chi connectivity index (χ1) is 9.88. The molecule has 21 heavy (non-hydrogen) atoms. The minimum Gasteiger partial charge on any atom is -0.276 e. The fraction of sp³-hybridized carbons (Fsp3) is 0. The third kappa shape index (κ3) is 5.56. The highest BCUT2D eigenvalue weighted by molar-refractivity contribution is 9.10. The van der Waals surface area contributed by atoms with Crippen LogP contribution in [0.4, 0.5) is 0 Å². The van der Waals surface area contributed by atoms with Gasteiger partial charge in [-0.25, -0.2) is 8.42 Å². The van der Waals surface area contributed by atoms with Crippen LogP contribution in [0.5, 0.6) is 0 Å². The molecule has 0 spiro atoms. The van der Waals surface area contributed by atoms with Gasteiger partial charge in [-0.3, -0.25) is 10.6 Å². The molecule has 2 aromatic rings. The van der Waals surface area contributed by atoms with E-state index in [4.69, 9.17) is 17.4 Å². The number of nitrogens with one attached hydrogen (secondary N) is 1. The number of halogens is 2. The van der Waals surface area contributed by atoms with E-state index in [1.807, 2.05) is 6.07 Å². The minimum atomic E-state index is -3.47. The van der Waals surface area contributed by atoms with Gasteiger partial charge in [-0.2, -0.15) is 4.83 Å². The summed E-state index contributed by atoms with van der Waals surface area (Å²) in [5, 5.41) is -0.438. The summed E-state index contributed by atoms with van der Waals surface area (Å²) in [5.74, 6) is 4.80. The molecule has 0 aromatic heterocycles. The van der Waals surface area contributed by atoms with Crippen LogP contribution in [-0.4, -0.2) is 13.7 Å². The topological polar surface area (TPSA) is 89.3 Å². The van der Waals surface area contributed by atoms with Gasteiger partial charge in [0.05, 0.1) is 4.90 Å². The van der Waals surface area contributed by atoms with Crippen molar-refractivity contribution in [2.45, 2.75) is 4.90 Å². The number of rotatable bonds is 3. The van der Waals surface area contributed by atoms with E-state index >= 15 is 0 Å². The molecule has 0 radical (unpaired) electrons. The van der Waals surface area contributed by atoms with E-state index in [9.17, 15) is 13.2 Å². The van der Waals surface area contributed by atoms with Crippen LogP contribution in [0.3, 0.4) is 0 Å². The Bertz CT molecular complexity index is 708. The first-order valence-corrected chi connectivity index (χ1v) is 8.25. The van der Waals surface area contributed by atoms with Gasteiger partial charge in [0.2, 0.25) is 0 Å². The normalized spacial score (nSPS) is 10.4. The molecule has 0 unspecified atom stereocenters. The van der Waals surface area contributed by atoms with Gasteiger partial charge < -0.3 is 0 Å². The van der Waals surface area contributed by atoms with Crippen molar-refractivity contribution in [3.63, 3.8) is 0 Å². The molecule has 0 heterocycles. The Morgan fingerprint density at radius 1 is 1.05 bits per heavy atom. The van der Waals surface area contributed by atoms with Gasteiger partial charge in [0.1, 0.15) is 0 Å². The molecule has 0 aliphatic rings. The van der Waals surface area contributed by atoms with Crippen molar-refractivity contribution >= 4 is 42.8 Å². The van der Waals surface area contributed by atoms with Crippen molar-refractivity contribution in [3.05, 3.63) is 64.6 Å². The molecular formula is C13H12BrClN2O3S. The number of carbonyl (C=O) groups excluding carboxylic acids is 1. The van der Waals surface area contributed by atoms with Gasteiger partial charge in [-0.1, -0.05) is 46.3 Å². The molecule has 3 N–H and O–H groups in total. The number of hydrogen-bond acceptors (Lipinski definition) is 4. The number of hydrogen-bond donors (Lipinski definition) is 2. The van der Waals surface area contributed by atoms with Crippen LogP contribution < -0.4 is 10.7 Å². The summed E-state index contributed by atoms with van der Waals surface area (Å²) in [7, 11) is -3.47. The Morgan fingerprint density at radius 2 is 1.57 bits per heavy atom. The highest BCUT2D eigenvalue weighted by Crippen LogP contribution is 2.17. The van der Waals surface area contributed by atoms with Crippen LogP contribution in [0, 0.1) is 0 Å². The molecule has 0 bridgehead atoms. The molecule has 8 heteroatoms. The van der Waals surface area contributed by atoms with Gasteiger partial charge >= 0.3 is 0 Å². The number of benzene rings is 2. The van der Waals surface area contributed by atoms with Gasteiger partial charge in [0, 0.05) is 10.0 Å². The van der Waals surface area contributed by atoms with Gasteiger partial charge in [-0.05, 0) is 35.9 Å². The standard InChI is InChI=1S/C7H4BrClO.C6H8N2O2S/c8-6-4-2-1-3-5(6)7(9)10;7-8-11(9,10)6-4-2-1-3-5-6/h1-4H;1-5,8H,7H2. The molecular weight excluding hydrogens is 380 g/mol. The lowest BCUT2D eigenvalue weighted by molar-refractivity contribution is 0.108. The minimum absolute atomic E-state index is 0.169. The van der Waals surface area contributed by atoms with Crippen LogP contribution in [0.25, 0.3) is 0 Å². The molecule has 2 rings (SSSR count). The summed E-state index contributed by atoms with van der Waals surface area (Å²) in [6.45, 7) is 0. The summed E-state index contributed by atoms with van der Waals surface area (Å²) in [6, 6.07) is 15.0. The summed E-state index contributed by atoms with van der Waals surface area (Å²) in [4.78, 5) is 12.5. The smallest absolute Gasteiger partial charge is 0.253 e. The zero-order valence-corrected chi connectivity index (χ0v) is 13.8. The van der Waals surface area contributed by atoms with Crippen molar-refractivity contribution in [1.82, 2.24) is 4.83 Å². The lowest BCUT2D eigenvalue weighted by Gasteiger charge is -1.99. The molecule has 0 atom stereocenters. The van der Waals surface area contributed by atoms with Crippen molar-refractivity contribution < 1.29 is 13.2 Å². The average Bonchev–Trinajstić information content (AvgIpc) is 2.49. The van der Waals surface area contributed by atoms with Crippen LogP contribution in [0.1, 0.15) is 10.4 Å². The van der Waals surface area contributed by atoms with Crippen molar-refractivity contribution in [2.24, 2.45) is 5.84 Å². The van der Waals surface area contributed by atoms with Crippen molar-refractivity contribution in [1.29, 1.82) is 0 Å². The predicted octanol–water partition coefficient (Wildman–Crippen LogP) is 2.67. The van der Waals surface area contributed by atoms with Gasteiger partial charge in [0.15, 0.2) is 0 Å². The lowest BCUT2D eigenvalue weighted by atomic mass is 10.2. The largest absolute Gasteiger partial charge is 0.276 e. The van der Waals surface area contributed by atoms with Gasteiger partial charge in [0.25, 0.3) is 15.3 Å². The highest BCUT2D eigenvalue weighted by Gasteiger charge is 2.08. The molecule has 2 aromatic carbocycles. The Kier molecular flexibility index (Phi) is 7.00. The molecule has 0 aliphatic carbocycles. The Balaban J connectivity index is 0.000000211. The molecule has 0 fully saturated rings. The molecule has 0 saturated carbocycles. The number of sulfonamides is 1. The summed E-state index contributed by atoms with van der Waals surface area (Å²) >= 11 is 8.43. The predicted molar refractivity (Wildman–Crippen MR) is 85.3 cm³/mol. The second-order valence-corrected chi connectivity index (χ2v) is 6.60. The van der Waals surface area contributed by atoms with E-state index < -0.39 is 15.3 Å². The maximum Gasteiger partial charge on any atom is 0.253 e. The Labute approximate surface area is 136 Å². The van der Waals surface area contributed by atoms with Crippen LogP contribution in [0.15, 0.2) is 64.0 Å². The van der Waals surface area contributed by atoms with Crippen molar-refractivity contribution in [3.8, 4) is 0 Å². The second kappa shape index (κ2) is 8.26.